The lowest BCUT2D eigenvalue weighted by Crippen LogP contribution is -2.20. The van der Waals surface area contributed by atoms with Gasteiger partial charge in [0, 0.05) is 33.0 Å². The molecule has 0 aliphatic rings. The maximum atomic E-state index is 13.7. The molecule has 0 heterocycles. The molecule has 4 nitrogen and oxygen atoms in total. The highest BCUT2D eigenvalue weighted by Gasteiger charge is 2.27. The Morgan fingerprint density at radius 3 is 1.07 bits per heavy atom. The number of carbonyl (C=O) groups excluding carboxylic acids is 2. The minimum absolute atomic E-state index is 0.135. The number of fused-ring (bicyclic) bond motifs is 1. The summed E-state index contributed by atoms with van der Waals surface area (Å²) in [5.41, 5.74) is 2.66. The number of hydrogen-bond acceptors (Lipinski definition) is 4. The van der Waals surface area contributed by atoms with Crippen molar-refractivity contribution in [2.24, 2.45) is 0 Å². The van der Waals surface area contributed by atoms with Crippen LogP contribution in [-0.4, -0.2) is 11.6 Å². The minimum Gasteiger partial charge on any atom is -0.477 e. The van der Waals surface area contributed by atoms with Crippen LogP contribution >= 0.6 is 0 Å². The van der Waals surface area contributed by atoms with Crippen molar-refractivity contribution in [3.8, 4) is 11.5 Å². The maximum Gasteiger partial charge on any atom is 0.207 e. The van der Waals surface area contributed by atoms with E-state index in [1.54, 1.807) is 24.3 Å². The van der Waals surface area contributed by atoms with Crippen LogP contribution in [0.15, 0.2) is 158 Å². The minimum atomic E-state index is -0.847. The number of ether oxygens (including phenoxy) is 2. The maximum absolute atomic E-state index is 13.7. The normalized spacial score (nSPS) is 12.3. The van der Waals surface area contributed by atoms with E-state index in [0.717, 1.165) is 21.9 Å². The molecule has 0 radical (unpaired) electrons. The summed E-state index contributed by atoms with van der Waals surface area (Å²) < 4.78 is 13.0. The van der Waals surface area contributed by atoms with Gasteiger partial charge in [0.15, 0.2) is 12.2 Å². The Hall–Kier alpha value is -5.48. The molecule has 2 unspecified atom stereocenters. The highest BCUT2D eigenvalue weighted by atomic mass is 16.5. The third-order valence-electron chi connectivity index (χ3n) is 7.13. The summed E-state index contributed by atoms with van der Waals surface area (Å²) in [6, 6.07) is 48.6. The summed E-state index contributed by atoms with van der Waals surface area (Å²) in [4.78, 5) is 27.4. The second kappa shape index (κ2) is 12.4. The van der Waals surface area contributed by atoms with Gasteiger partial charge in [0.2, 0.25) is 11.6 Å². The molecule has 0 saturated heterocycles. The fourth-order valence-corrected chi connectivity index (χ4v) is 5.02. The second-order valence-corrected chi connectivity index (χ2v) is 9.89. The Morgan fingerprint density at radius 1 is 0.381 bits per heavy atom. The van der Waals surface area contributed by atoms with Crippen molar-refractivity contribution in [2.75, 3.05) is 0 Å². The second-order valence-electron chi connectivity index (χ2n) is 9.89. The Morgan fingerprint density at radius 2 is 0.714 bits per heavy atom. The van der Waals surface area contributed by atoms with E-state index in [0.29, 0.717) is 22.6 Å². The Bertz CT molecular complexity index is 1660. The van der Waals surface area contributed by atoms with E-state index in [1.165, 1.54) is 0 Å². The van der Waals surface area contributed by atoms with Crippen LogP contribution in [0.4, 0.5) is 0 Å². The molecular formula is C38H28O4. The molecule has 0 aromatic heterocycles. The molecule has 6 rings (SSSR count). The van der Waals surface area contributed by atoms with Gasteiger partial charge in [-0.05, 0) is 12.1 Å². The van der Waals surface area contributed by atoms with E-state index < -0.39 is 12.2 Å². The van der Waals surface area contributed by atoms with Crippen molar-refractivity contribution >= 4 is 22.3 Å². The van der Waals surface area contributed by atoms with E-state index in [9.17, 15) is 9.59 Å². The quantitative estimate of drug-likeness (QED) is 0.161. The van der Waals surface area contributed by atoms with Crippen LogP contribution in [0.3, 0.4) is 0 Å². The van der Waals surface area contributed by atoms with Crippen molar-refractivity contribution in [2.45, 2.75) is 12.2 Å². The Labute approximate surface area is 244 Å². The first-order chi connectivity index (χ1) is 20.7. The van der Waals surface area contributed by atoms with Gasteiger partial charge in [-0.2, -0.15) is 0 Å². The molecule has 0 aliphatic heterocycles. The van der Waals surface area contributed by atoms with E-state index in [2.05, 4.69) is 0 Å². The average Bonchev–Trinajstić information content (AvgIpc) is 3.07. The molecule has 0 amide bonds. The molecule has 204 valence electrons. The standard InChI is InChI=1S/C38H28O4/c39-35(27-15-5-1-6-16-27)37(29-19-9-3-10-20-29)41-33-25-13-24-32-31(33)23-14-26-34(32)42-38(30-21-11-4-12-22-30)36(40)28-17-7-2-8-18-28/h1-26,37-38H. The number of carbonyl (C=O) groups is 2. The van der Waals surface area contributed by atoms with Crippen molar-refractivity contribution in [1.29, 1.82) is 0 Å². The monoisotopic (exact) mass is 548 g/mol. The number of Topliss-reactive ketones (excluding diaryl/α,β-unsaturated/α-hetero) is 2. The summed E-state index contributed by atoms with van der Waals surface area (Å²) in [6.45, 7) is 0. The zero-order valence-electron chi connectivity index (χ0n) is 22.8. The van der Waals surface area contributed by atoms with Crippen LogP contribution in [0, 0.1) is 0 Å². The zero-order valence-corrected chi connectivity index (χ0v) is 22.8. The Balaban J connectivity index is 1.38. The molecule has 6 aromatic rings. The molecule has 42 heavy (non-hydrogen) atoms. The molecule has 0 fully saturated rings. The first-order valence-electron chi connectivity index (χ1n) is 13.8. The third kappa shape index (κ3) is 5.70. The number of hydrogen-bond donors (Lipinski definition) is 0. The summed E-state index contributed by atoms with van der Waals surface area (Å²) in [7, 11) is 0. The Kier molecular flexibility index (Phi) is 7.87. The van der Waals surface area contributed by atoms with Gasteiger partial charge in [-0.15, -0.1) is 0 Å². The molecule has 6 aromatic carbocycles. The van der Waals surface area contributed by atoms with Gasteiger partial charge in [0.05, 0.1) is 0 Å². The lowest BCUT2D eigenvalue weighted by atomic mass is 9.99. The van der Waals surface area contributed by atoms with Gasteiger partial charge in [-0.3, -0.25) is 9.59 Å². The van der Waals surface area contributed by atoms with Crippen LogP contribution in [0.1, 0.15) is 44.1 Å². The number of ketones is 2. The predicted molar refractivity (Wildman–Crippen MR) is 165 cm³/mol. The fourth-order valence-electron chi connectivity index (χ4n) is 5.02. The van der Waals surface area contributed by atoms with Gasteiger partial charge in [0.1, 0.15) is 11.5 Å². The van der Waals surface area contributed by atoms with Gasteiger partial charge in [-0.1, -0.05) is 146 Å². The van der Waals surface area contributed by atoms with Gasteiger partial charge < -0.3 is 9.47 Å². The van der Waals surface area contributed by atoms with Gasteiger partial charge >= 0.3 is 0 Å². The van der Waals surface area contributed by atoms with Crippen LogP contribution in [0.25, 0.3) is 10.8 Å². The zero-order chi connectivity index (χ0) is 28.7. The van der Waals surface area contributed by atoms with Gasteiger partial charge in [0.25, 0.3) is 0 Å². The number of rotatable bonds is 10. The van der Waals surface area contributed by atoms with Crippen molar-refractivity contribution in [1.82, 2.24) is 0 Å². The summed E-state index contributed by atoms with van der Waals surface area (Å²) in [6.07, 6.45) is -1.69. The average molecular weight is 549 g/mol. The molecule has 0 N–H and O–H groups in total. The smallest absolute Gasteiger partial charge is 0.207 e. The van der Waals surface area contributed by atoms with Crippen LogP contribution < -0.4 is 9.47 Å². The lowest BCUT2D eigenvalue weighted by Gasteiger charge is -2.22. The molecule has 4 heteroatoms. The molecule has 0 aliphatic carbocycles. The topological polar surface area (TPSA) is 52.6 Å². The SMILES string of the molecule is O=C(c1ccccc1)C(Oc1cccc2c(OC(C(=O)c3ccccc3)c3ccccc3)cccc12)c1ccccc1. The van der Waals surface area contributed by atoms with E-state index >= 15 is 0 Å². The van der Waals surface area contributed by atoms with E-state index in [1.807, 2.05) is 133 Å². The predicted octanol–water partition coefficient (Wildman–Crippen LogP) is 8.85. The first kappa shape index (κ1) is 26.7. The van der Waals surface area contributed by atoms with Crippen LogP contribution in [0.2, 0.25) is 0 Å². The summed E-state index contributed by atoms with van der Waals surface area (Å²) >= 11 is 0. The lowest BCUT2D eigenvalue weighted by molar-refractivity contribution is 0.0787. The first-order valence-corrected chi connectivity index (χ1v) is 13.8. The molecule has 0 saturated carbocycles. The van der Waals surface area contributed by atoms with Crippen molar-refractivity contribution < 1.29 is 19.1 Å². The highest BCUT2D eigenvalue weighted by Crippen LogP contribution is 2.37. The fraction of sp³-hybridized carbons (Fsp3) is 0.0526. The van der Waals surface area contributed by atoms with Crippen LogP contribution in [0.5, 0.6) is 11.5 Å². The summed E-state index contributed by atoms with van der Waals surface area (Å²) in [5, 5.41) is 1.55. The highest BCUT2D eigenvalue weighted by molar-refractivity contribution is 6.02. The van der Waals surface area contributed by atoms with Gasteiger partial charge in [-0.25, -0.2) is 0 Å². The molecule has 0 bridgehead atoms. The van der Waals surface area contributed by atoms with E-state index in [4.69, 9.17) is 9.47 Å². The van der Waals surface area contributed by atoms with Crippen LogP contribution in [-0.2, 0) is 0 Å². The summed E-state index contributed by atoms with van der Waals surface area (Å²) in [5.74, 6) is 0.816. The third-order valence-corrected chi connectivity index (χ3v) is 7.13. The molecular weight excluding hydrogens is 520 g/mol. The van der Waals surface area contributed by atoms with E-state index in [-0.39, 0.29) is 11.6 Å². The van der Waals surface area contributed by atoms with Crippen molar-refractivity contribution in [3.05, 3.63) is 180 Å². The largest absolute Gasteiger partial charge is 0.477 e. The van der Waals surface area contributed by atoms with Crippen molar-refractivity contribution in [3.63, 3.8) is 0 Å². The molecule has 0 spiro atoms. The number of benzene rings is 6. The molecule has 2 atom stereocenters.